The Balaban J connectivity index is 2.78. The molecule has 0 spiro atoms. The molecule has 1 aromatic carbocycles. The number of nitrogens with one attached hydrogen (secondary N) is 1. The van der Waals surface area contributed by atoms with Crippen LogP contribution in [0.5, 0.6) is 0 Å². The van der Waals surface area contributed by atoms with Crippen LogP contribution in [0.2, 0.25) is 0 Å². The first kappa shape index (κ1) is 10.5. The average molecular weight is 240 g/mol. The molecule has 0 saturated heterocycles. The molecule has 0 aromatic heterocycles. The van der Waals surface area contributed by atoms with Crippen molar-refractivity contribution in [2.45, 2.75) is 12.5 Å². The Morgan fingerprint density at radius 2 is 2.08 bits per heavy atom. The molecule has 70 valence electrons. The molecule has 0 aliphatic heterocycles. The molecule has 2 heteroatoms. The average Bonchev–Trinajstić information content (AvgIpc) is 2.16. The zero-order valence-corrected chi connectivity index (χ0v) is 9.34. The van der Waals surface area contributed by atoms with Crippen LogP contribution in [0.25, 0.3) is 0 Å². The van der Waals surface area contributed by atoms with Gasteiger partial charge in [-0.15, -0.1) is 6.58 Å². The summed E-state index contributed by atoms with van der Waals surface area (Å²) in [6.07, 6.45) is 2.89. The van der Waals surface area contributed by atoms with Gasteiger partial charge in [-0.25, -0.2) is 0 Å². The first-order chi connectivity index (χ1) is 6.27. The van der Waals surface area contributed by atoms with Crippen molar-refractivity contribution in [1.29, 1.82) is 0 Å². The maximum atomic E-state index is 3.74. The highest BCUT2D eigenvalue weighted by Gasteiger charge is 2.05. The van der Waals surface area contributed by atoms with Crippen molar-refractivity contribution < 1.29 is 0 Å². The standard InChI is InChI=1S/C11H14BrN/c1-3-4-11(13-2)9-5-7-10(12)8-6-9/h3,5-8,11,13H,1,4H2,2H3. The second-order valence-corrected chi connectivity index (χ2v) is 3.83. The van der Waals surface area contributed by atoms with E-state index in [1.165, 1.54) is 5.56 Å². The minimum atomic E-state index is 0.380. The SMILES string of the molecule is C=CCC(NC)c1ccc(Br)cc1. The summed E-state index contributed by atoms with van der Waals surface area (Å²) in [7, 11) is 1.97. The molecule has 0 heterocycles. The fraction of sp³-hybridized carbons (Fsp3) is 0.273. The predicted molar refractivity (Wildman–Crippen MR) is 60.8 cm³/mol. The summed E-state index contributed by atoms with van der Waals surface area (Å²) in [6, 6.07) is 8.74. The minimum Gasteiger partial charge on any atom is -0.313 e. The highest BCUT2D eigenvalue weighted by atomic mass is 79.9. The molecule has 0 saturated carbocycles. The lowest BCUT2D eigenvalue weighted by Gasteiger charge is -2.14. The van der Waals surface area contributed by atoms with Gasteiger partial charge >= 0.3 is 0 Å². The maximum absolute atomic E-state index is 3.74. The quantitative estimate of drug-likeness (QED) is 0.796. The molecule has 1 atom stereocenters. The summed E-state index contributed by atoms with van der Waals surface area (Å²) < 4.78 is 1.12. The molecule has 1 unspecified atom stereocenters. The molecule has 0 radical (unpaired) electrons. The van der Waals surface area contributed by atoms with Crippen molar-refractivity contribution >= 4 is 15.9 Å². The molecule has 0 amide bonds. The van der Waals surface area contributed by atoms with Crippen molar-refractivity contribution in [2.75, 3.05) is 7.05 Å². The summed E-state index contributed by atoms with van der Waals surface area (Å²) in [6.45, 7) is 3.74. The second-order valence-electron chi connectivity index (χ2n) is 2.92. The van der Waals surface area contributed by atoms with Crippen LogP contribution in [-0.4, -0.2) is 7.05 Å². The van der Waals surface area contributed by atoms with Crippen LogP contribution in [0.3, 0.4) is 0 Å². The molecule has 0 bridgehead atoms. The summed E-state index contributed by atoms with van der Waals surface area (Å²) in [5.74, 6) is 0. The van der Waals surface area contributed by atoms with E-state index in [1.54, 1.807) is 0 Å². The predicted octanol–water partition coefficient (Wildman–Crippen LogP) is 3.29. The third kappa shape index (κ3) is 2.98. The molecular formula is C11H14BrN. The molecule has 1 aromatic rings. The van der Waals surface area contributed by atoms with E-state index in [1.807, 2.05) is 13.1 Å². The largest absolute Gasteiger partial charge is 0.313 e. The van der Waals surface area contributed by atoms with Crippen molar-refractivity contribution in [1.82, 2.24) is 5.32 Å². The smallest absolute Gasteiger partial charge is 0.0352 e. The molecule has 1 nitrogen and oxygen atoms in total. The second kappa shape index (κ2) is 5.20. The number of halogens is 1. The van der Waals surface area contributed by atoms with Gasteiger partial charge in [0.2, 0.25) is 0 Å². The number of benzene rings is 1. The highest BCUT2D eigenvalue weighted by Crippen LogP contribution is 2.19. The monoisotopic (exact) mass is 239 g/mol. The first-order valence-electron chi connectivity index (χ1n) is 4.31. The van der Waals surface area contributed by atoms with E-state index in [0.717, 1.165) is 10.9 Å². The van der Waals surface area contributed by atoms with Crippen LogP contribution < -0.4 is 5.32 Å². The van der Waals surface area contributed by atoms with E-state index in [0.29, 0.717) is 6.04 Å². The van der Waals surface area contributed by atoms with Gasteiger partial charge < -0.3 is 5.32 Å². The fourth-order valence-electron chi connectivity index (χ4n) is 1.28. The lowest BCUT2D eigenvalue weighted by Crippen LogP contribution is -2.15. The summed E-state index contributed by atoms with van der Waals surface area (Å²) >= 11 is 3.41. The highest BCUT2D eigenvalue weighted by molar-refractivity contribution is 9.10. The van der Waals surface area contributed by atoms with Gasteiger partial charge in [0.1, 0.15) is 0 Å². The van der Waals surface area contributed by atoms with Crippen LogP contribution in [0.15, 0.2) is 41.4 Å². The third-order valence-corrected chi connectivity index (χ3v) is 2.55. The number of hydrogen-bond acceptors (Lipinski definition) is 1. The molecule has 13 heavy (non-hydrogen) atoms. The normalized spacial score (nSPS) is 12.5. The van der Waals surface area contributed by atoms with Crippen molar-refractivity contribution in [3.63, 3.8) is 0 Å². The molecule has 0 aliphatic carbocycles. The molecular weight excluding hydrogens is 226 g/mol. The summed E-state index contributed by atoms with van der Waals surface area (Å²) in [5.41, 5.74) is 1.30. The third-order valence-electron chi connectivity index (χ3n) is 2.02. The van der Waals surface area contributed by atoms with Crippen molar-refractivity contribution in [2.24, 2.45) is 0 Å². The lowest BCUT2D eigenvalue weighted by molar-refractivity contribution is 0.604. The van der Waals surface area contributed by atoms with Gasteiger partial charge in [-0.3, -0.25) is 0 Å². The molecule has 0 fully saturated rings. The van der Waals surface area contributed by atoms with Gasteiger partial charge in [0.15, 0.2) is 0 Å². The van der Waals surface area contributed by atoms with Gasteiger partial charge in [0, 0.05) is 10.5 Å². The van der Waals surface area contributed by atoms with E-state index < -0.39 is 0 Å². The van der Waals surface area contributed by atoms with E-state index in [9.17, 15) is 0 Å². The minimum absolute atomic E-state index is 0.380. The van der Waals surface area contributed by atoms with Gasteiger partial charge in [0.05, 0.1) is 0 Å². The van der Waals surface area contributed by atoms with Crippen molar-refractivity contribution in [3.05, 3.63) is 47.0 Å². The van der Waals surface area contributed by atoms with Crippen molar-refractivity contribution in [3.8, 4) is 0 Å². The molecule has 1 N–H and O–H groups in total. The fourth-order valence-corrected chi connectivity index (χ4v) is 1.55. The van der Waals surface area contributed by atoms with Gasteiger partial charge in [0.25, 0.3) is 0 Å². The first-order valence-corrected chi connectivity index (χ1v) is 5.11. The summed E-state index contributed by atoms with van der Waals surface area (Å²) in [4.78, 5) is 0. The van der Waals surface area contributed by atoms with E-state index in [4.69, 9.17) is 0 Å². The Morgan fingerprint density at radius 3 is 2.54 bits per heavy atom. The van der Waals surface area contributed by atoms with E-state index >= 15 is 0 Å². The summed E-state index contributed by atoms with van der Waals surface area (Å²) in [5, 5.41) is 3.25. The Morgan fingerprint density at radius 1 is 1.46 bits per heavy atom. The maximum Gasteiger partial charge on any atom is 0.0352 e. The van der Waals surface area contributed by atoms with Crippen LogP contribution in [0, 0.1) is 0 Å². The number of hydrogen-bond donors (Lipinski definition) is 1. The van der Waals surface area contributed by atoms with Gasteiger partial charge in [-0.1, -0.05) is 34.1 Å². The van der Waals surface area contributed by atoms with Crippen LogP contribution in [0.4, 0.5) is 0 Å². The zero-order valence-electron chi connectivity index (χ0n) is 7.76. The Labute approximate surface area is 88.0 Å². The van der Waals surface area contributed by atoms with Crippen LogP contribution >= 0.6 is 15.9 Å². The van der Waals surface area contributed by atoms with E-state index in [2.05, 4.69) is 52.1 Å². The molecule has 1 rings (SSSR count). The Hall–Kier alpha value is -0.600. The van der Waals surface area contributed by atoms with Gasteiger partial charge in [-0.05, 0) is 31.2 Å². The zero-order chi connectivity index (χ0) is 9.68. The lowest BCUT2D eigenvalue weighted by atomic mass is 10.0. The number of rotatable bonds is 4. The Kier molecular flexibility index (Phi) is 4.19. The molecule has 0 aliphatic rings. The van der Waals surface area contributed by atoms with E-state index in [-0.39, 0.29) is 0 Å². The topological polar surface area (TPSA) is 12.0 Å². The van der Waals surface area contributed by atoms with Crippen LogP contribution in [-0.2, 0) is 0 Å². The Bertz CT molecular complexity index is 266. The van der Waals surface area contributed by atoms with Crippen LogP contribution in [0.1, 0.15) is 18.0 Å². The van der Waals surface area contributed by atoms with Gasteiger partial charge in [-0.2, -0.15) is 0 Å².